The van der Waals surface area contributed by atoms with Crippen LogP contribution in [0, 0.1) is 0 Å². The summed E-state index contributed by atoms with van der Waals surface area (Å²) >= 11 is 0. The van der Waals surface area contributed by atoms with Gasteiger partial charge in [0.15, 0.2) is 0 Å². The van der Waals surface area contributed by atoms with E-state index in [1.165, 1.54) is 0 Å². The highest BCUT2D eigenvalue weighted by Gasteiger charge is 2.15. The maximum atomic E-state index is 12.6. The molecule has 118 valence electrons. The average molecular weight is 308 g/mol. The molecule has 1 aromatic heterocycles. The lowest BCUT2D eigenvalue weighted by Crippen LogP contribution is -2.28. The number of H-pyrrole nitrogens is 1. The van der Waals surface area contributed by atoms with Crippen molar-refractivity contribution in [3.8, 4) is 0 Å². The number of carbonyl (C=O) groups excluding carboxylic acids is 1. The zero-order chi connectivity index (χ0) is 16.1. The first-order valence-corrected chi connectivity index (χ1v) is 7.82. The zero-order valence-corrected chi connectivity index (χ0v) is 12.8. The monoisotopic (exact) mass is 308 g/mol. The van der Waals surface area contributed by atoms with E-state index in [1.807, 2.05) is 60.8 Å². The van der Waals surface area contributed by atoms with Crippen LogP contribution in [0.3, 0.4) is 0 Å². The minimum absolute atomic E-state index is 0.0973. The van der Waals surface area contributed by atoms with Crippen LogP contribution >= 0.6 is 0 Å². The molecule has 1 heterocycles. The van der Waals surface area contributed by atoms with E-state index < -0.39 is 0 Å². The summed E-state index contributed by atoms with van der Waals surface area (Å²) in [6, 6.07) is 17.3. The third kappa shape index (κ3) is 3.60. The highest BCUT2D eigenvalue weighted by Crippen LogP contribution is 2.20. The van der Waals surface area contributed by atoms with E-state index in [-0.39, 0.29) is 18.6 Å². The van der Waals surface area contributed by atoms with Crippen molar-refractivity contribution in [3.05, 3.63) is 71.9 Å². The van der Waals surface area contributed by atoms with Crippen LogP contribution < -0.4 is 5.32 Å². The lowest BCUT2D eigenvalue weighted by Gasteiger charge is -2.19. The van der Waals surface area contributed by atoms with Gasteiger partial charge in [-0.25, -0.2) is 0 Å². The van der Waals surface area contributed by atoms with Gasteiger partial charge >= 0.3 is 0 Å². The molecule has 0 aliphatic carbocycles. The molecule has 0 bridgehead atoms. The first-order chi connectivity index (χ1) is 11.3. The van der Waals surface area contributed by atoms with E-state index in [1.54, 1.807) is 0 Å². The molecule has 3 rings (SSSR count). The van der Waals surface area contributed by atoms with Gasteiger partial charge in [0.25, 0.3) is 5.91 Å². The fraction of sp³-hybridized carbons (Fsp3) is 0.211. The molecule has 4 nitrogen and oxygen atoms in total. The SMILES string of the molecule is O=C(N[C@H](CCCO)c1ccccc1)c1ccc2[nH]ccc2c1. The van der Waals surface area contributed by atoms with Gasteiger partial charge in [-0.05, 0) is 42.7 Å². The quantitative estimate of drug-likeness (QED) is 0.653. The number of aliphatic hydroxyl groups is 1. The predicted molar refractivity (Wildman–Crippen MR) is 91.3 cm³/mol. The lowest BCUT2D eigenvalue weighted by atomic mass is 10.0. The largest absolute Gasteiger partial charge is 0.396 e. The van der Waals surface area contributed by atoms with Gasteiger partial charge in [0.2, 0.25) is 0 Å². The van der Waals surface area contributed by atoms with Gasteiger partial charge in [-0.15, -0.1) is 0 Å². The minimum atomic E-state index is -0.0993. The van der Waals surface area contributed by atoms with Gasteiger partial charge in [0, 0.05) is 29.3 Å². The Bertz CT molecular complexity index is 780. The molecule has 4 heteroatoms. The first-order valence-electron chi connectivity index (χ1n) is 7.82. The van der Waals surface area contributed by atoms with E-state index in [0.29, 0.717) is 18.4 Å². The molecule has 0 fully saturated rings. The molecule has 0 aliphatic heterocycles. The molecule has 0 saturated heterocycles. The van der Waals surface area contributed by atoms with Crippen LogP contribution in [0.25, 0.3) is 10.9 Å². The number of rotatable bonds is 6. The summed E-state index contributed by atoms with van der Waals surface area (Å²) in [6.07, 6.45) is 3.22. The Hall–Kier alpha value is -2.59. The Morgan fingerprint density at radius 3 is 2.74 bits per heavy atom. The van der Waals surface area contributed by atoms with Crippen LogP contribution in [0.4, 0.5) is 0 Å². The first kappa shape index (κ1) is 15.3. The number of amides is 1. The molecule has 1 atom stereocenters. The maximum Gasteiger partial charge on any atom is 0.251 e. The number of aromatic amines is 1. The number of fused-ring (bicyclic) bond motifs is 1. The second-order valence-electron chi connectivity index (χ2n) is 5.58. The Morgan fingerprint density at radius 1 is 1.13 bits per heavy atom. The van der Waals surface area contributed by atoms with E-state index in [4.69, 9.17) is 5.11 Å². The molecule has 0 unspecified atom stereocenters. The van der Waals surface area contributed by atoms with Crippen LogP contribution in [0.1, 0.15) is 34.8 Å². The Balaban J connectivity index is 1.79. The van der Waals surface area contributed by atoms with Crippen LogP contribution in [-0.4, -0.2) is 22.6 Å². The van der Waals surface area contributed by atoms with Crippen molar-refractivity contribution < 1.29 is 9.90 Å². The molecule has 0 saturated carbocycles. The van der Waals surface area contributed by atoms with Gasteiger partial charge < -0.3 is 15.4 Å². The minimum Gasteiger partial charge on any atom is -0.396 e. The van der Waals surface area contributed by atoms with E-state index in [0.717, 1.165) is 16.5 Å². The highest BCUT2D eigenvalue weighted by molar-refractivity contribution is 5.98. The number of nitrogens with one attached hydrogen (secondary N) is 2. The maximum absolute atomic E-state index is 12.6. The standard InChI is InChI=1S/C19H20N2O2/c22-12-4-7-18(14-5-2-1-3-6-14)21-19(23)16-8-9-17-15(13-16)10-11-20-17/h1-3,5-6,8-11,13,18,20,22H,4,7,12H2,(H,21,23)/t18-/m1/s1. The van der Waals surface area contributed by atoms with Crippen LogP contribution in [0.5, 0.6) is 0 Å². The molecule has 0 spiro atoms. The normalized spacial score (nSPS) is 12.2. The van der Waals surface area contributed by atoms with Crippen LogP contribution in [-0.2, 0) is 0 Å². The van der Waals surface area contributed by atoms with Gasteiger partial charge in [-0.1, -0.05) is 30.3 Å². The second kappa shape index (κ2) is 7.11. The molecular weight excluding hydrogens is 288 g/mol. The Kier molecular flexibility index (Phi) is 4.74. The summed E-state index contributed by atoms with van der Waals surface area (Å²) in [5.74, 6) is -0.0973. The predicted octanol–water partition coefficient (Wildman–Crippen LogP) is 3.41. The third-order valence-corrected chi connectivity index (χ3v) is 3.97. The van der Waals surface area contributed by atoms with Crippen molar-refractivity contribution in [2.24, 2.45) is 0 Å². The van der Waals surface area contributed by atoms with Crippen molar-refractivity contribution in [2.45, 2.75) is 18.9 Å². The smallest absolute Gasteiger partial charge is 0.251 e. The van der Waals surface area contributed by atoms with Crippen LogP contribution in [0.15, 0.2) is 60.8 Å². The second-order valence-corrected chi connectivity index (χ2v) is 5.58. The fourth-order valence-electron chi connectivity index (χ4n) is 2.74. The Morgan fingerprint density at radius 2 is 1.96 bits per heavy atom. The molecule has 3 aromatic rings. The number of hydrogen-bond acceptors (Lipinski definition) is 2. The summed E-state index contributed by atoms with van der Waals surface area (Å²) < 4.78 is 0. The molecule has 0 radical (unpaired) electrons. The number of aromatic nitrogens is 1. The fourth-order valence-corrected chi connectivity index (χ4v) is 2.74. The van der Waals surface area contributed by atoms with E-state index >= 15 is 0 Å². The van der Waals surface area contributed by atoms with Crippen molar-refractivity contribution in [1.29, 1.82) is 0 Å². The molecule has 0 aliphatic rings. The summed E-state index contributed by atoms with van der Waals surface area (Å²) in [5, 5.41) is 13.2. The van der Waals surface area contributed by atoms with Crippen molar-refractivity contribution >= 4 is 16.8 Å². The summed E-state index contributed by atoms with van der Waals surface area (Å²) in [6.45, 7) is 0.120. The molecule has 23 heavy (non-hydrogen) atoms. The molecular formula is C19H20N2O2. The zero-order valence-electron chi connectivity index (χ0n) is 12.8. The summed E-state index contributed by atoms with van der Waals surface area (Å²) in [5.41, 5.74) is 2.71. The van der Waals surface area contributed by atoms with Crippen molar-refractivity contribution in [2.75, 3.05) is 6.61 Å². The van der Waals surface area contributed by atoms with Gasteiger partial charge in [-0.2, -0.15) is 0 Å². The summed E-state index contributed by atoms with van der Waals surface area (Å²) in [4.78, 5) is 15.7. The van der Waals surface area contributed by atoms with E-state index in [2.05, 4.69) is 10.3 Å². The van der Waals surface area contributed by atoms with E-state index in [9.17, 15) is 4.79 Å². The van der Waals surface area contributed by atoms with Crippen molar-refractivity contribution in [3.63, 3.8) is 0 Å². The third-order valence-electron chi connectivity index (χ3n) is 3.97. The topological polar surface area (TPSA) is 65.1 Å². The molecule has 3 N–H and O–H groups in total. The lowest BCUT2D eigenvalue weighted by molar-refractivity contribution is 0.0932. The van der Waals surface area contributed by atoms with Gasteiger partial charge in [0.05, 0.1) is 6.04 Å². The number of carbonyl (C=O) groups is 1. The highest BCUT2D eigenvalue weighted by atomic mass is 16.3. The van der Waals surface area contributed by atoms with Crippen molar-refractivity contribution in [1.82, 2.24) is 10.3 Å². The molecule has 1 amide bonds. The number of benzene rings is 2. The average Bonchev–Trinajstić information content (AvgIpc) is 3.06. The molecule has 2 aromatic carbocycles. The number of aliphatic hydroxyl groups excluding tert-OH is 1. The van der Waals surface area contributed by atoms with Gasteiger partial charge in [0.1, 0.15) is 0 Å². The van der Waals surface area contributed by atoms with Gasteiger partial charge in [-0.3, -0.25) is 4.79 Å². The van der Waals surface area contributed by atoms with Crippen LogP contribution in [0.2, 0.25) is 0 Å². The Labute approximate surface area is 135 Å². The summed E-state index contributed by atoms with van der Waals surface area (Å²) in [7, 11) is 0. The number of hydrogen-bond donors (Lipinski definition) is 3.